The molecule has 0 saturated carbocycles. The van der Waals surface area contributed by atoms with Crippen molar-refractivity contribution in [3.8, 4) is 0 Å². The third kappa shape index (κ3) is 11.8. The molecule has 9 nitrogen and oxygen atoms in total. The largest absolute Gasteiger partial charge is 0.374 e. The van der Waals surface area contributed by atoms with Gasteiger partial charge in [0, 0.05) is 0 Å². The quantitative estimate of drug-likeness (QED) is 0.0727. The van der Waals surface area contributed by atoms with E-state index in [-0.39, 0.29) is 13.2 Å². The summed E-state index contributed by atoms with van der Waals surface area (Å²) in [5.41, 5.74) is 4.71. The zero-order valence-corrected chi connectivity index (χ0v) is 31.8. The second kappa shape index (κ2) is 21.2. The summed E-state index contributed by atoms with van der Waals surface area (Å²) in [6.45, 7) is 5.85. The van der Waals surface area contributed by atoms with Crippen LogP contribution in [0.2, 0.25) is 0 Å². The molecule has 5 atom stereocenters. The van der Waals surface area contributed by atoms with E-state index < -0.39 is 38.4 Å². The molecule has 10 heteroatoms. The predicted molar refractivity (Wildman–Crippen MR) is 210 cm³/mol. The van der Waals surface area contributed by atoms with Crippen molar-refractivity contribution >= 4 is 13.4 Å². The smallest absolute Gasteiger partial charge is 0.363 e. The highest BCUT2D eigenvalue weighted by molar-refractivity contribution is 7.51. The zero-order valence-electron chi connectivity index (χ0n) is 30.9. The van der Waals surface area contributed by atoms with E-state index in [0.717, 1.165) is 22.3 Å². The van der Waals surface area contributed by atoms with Gasteiger partial charge in [-0.3, -0.25) is 4.52 Å². The van der Waals surface area contributed by atoms with Crippen LogP contribution in [0.15, 0.2) is 156 Å². The lowest BCUT2D eigenvalue weighted by molar-refractivity contribution is -0.312. The van der Waals surface area contributed by atoms with Gasteiger partial charge >= 0.3 is 7.74 Å². The van der Waals surface area contributed by atoms with Crippen LogP contribution >= 0.6 is 7.74 Å². The van der Waals surface area contributed by atoms with Gasteiger partial charge < -0.3 is 32.7 Å². The van der Waals surface area contributed by atoms with Crippen LogP contribution in [-0.4, -0.2) is 50.5 Å². The maximum Gasteiger partial charge on any atom is 0.363 e. The van der Waals surface area contributed by atoms with Crippen molar-refractivity contribution in [2.75, 3.05) is 19.8 Å². The molecule has 1 saturated heterocycles. The molecule has 0 aromatic heterocycles. The first-order valence-corrected chi connectivity index (χ1v) is 20.0. The predicted octanol–water partition coefficient (Wildman–Crippen LogP) is 10.1. The third-order valence-electron chi connectivity index (χ3n) is 8.66. The van der Waals surface area contributed by atoms with Crippen molar-refractivity contribution in [2.45, 2.75) is 71.0 Å². The molecular formula is C44H50NO8P. The maximum atomic E-state index is 6.93. The van der Waals surface area contributed by atoms with Crippen LogP contribution in [-0.2, 0) is 63.7 Å². The Kier molecular flexibility index (Phi) is 15.6. The van der Waals surface area contributed by atoms with Crippen molar-refractivity contribution < 1.29 is 37.3 Å². The summed E-state index contributed by atoms with van der Waals surface area (Å²) in [5.74, 6) is 0. The lowest BCUT2D eigenvalue weighted by Crippen LogP contribution is -2.61. The number of rotatable bonds is 20. The summed E-state index contributed by atoms with van der Waals surface area (Å²) < 4.78 is 58.3. The molecule has 0 N–H and O–H groups in total. The van der Waals surface area contributed by atoms with E-state index in [9.17, 15) is 0 Å². The van der Waals surface area contributed by atoms with Crippen molar-refractivity contribution in [3.05, 3.63) is 174 Å². The molecule has 6 rings (SSSR count). The molecule has 0 unspecified atom stereocenters. The van der Waals surface area contributed by atoms with Gasteiger partial charge in [0.15, 0.2) is 6.29 Å². The average Bonchev–Trinajstić information content (AvgIpc) is 3.21. The van der Waals surface area contributed by atoms with Gasteiger partial charge in [0.1, 0.15) is 24.4 Å². The minimum Gasteiger partial charge on any atom is -0.374 e. The van der Waals surface area contributed by atoms with Crippen LogP contribution < -0.4 is 0 Å². The van der Waals surface area contributed by atoms with E-state index in [1.807, 2.05) is 166 Å². The van der Waals surface area contributed by atoms with E-state index >= 15 is 0 Å². The number of hydrogen-bond acceptors (Lipinski definition) is 9. The number of ether oxygens (including phenoxy) is 5. The zero-order chi connectivity index (χ0) is 37.3. The standard InChI is InChI=1S/C44H50NO8P/c1-3-50-54(51-4-2,45-39-28-18-9-19-29-39)53-44-43(49-33-38-26-16-8-17-27-38)42(48-32-37-24-14-7-15-25-37)41(47-31-36-22-12-6-13-23-36)40(52-44)34-46-30-35-20-10-5-11-21-35/h5-29,40-44H,3-4,30-34H2,1-2H3/t40-,41-,42+,43+,44-/m1/s1. The molecule has 0 aliphatic carbocycles. The molecule has 0 amide bonds. The molecule has 5 aromatic carbocycles. The van der Waals surface area contributed by atoms with E-state index in [0.29, 0.717) is 38.7 Å². The highest BCUT2D eigenvalue weighted by Gasteiger charge is 2.51. The fourth-order valence-electron chi connectivity index (χ4n) is 6.11. The van der Waals surface area contributed by atoms with Gasteiger partial charge in [-0.1, -0.05) is 140 Å². The lowest BCUT2D eigenvalue weighted by atomic mass is 9.98. The Balaban J connectivity index is 1.40. The molecule has 54 heavy (non-hydrogen) atoms. The van der Waals surface area contributed by atoms with E-state index in [2.05, 4.69) is 0 Å². The van der Waals surface area contributed by atoms with Gasteiger partial charge in [-0.2, -0.15) is 4.74 Å². The summed E-state index contributed by atoms with van der Waals surface area (Å²) in [7, 11) is -3.42. The van der Waals surface area contributed by atoms with Gasteiger partial charge in [0.25, 0.3) is 0 Å². The Morgan fingerprint density at radius 1 is 0.500 bits per heavy atom. The summed E-state index contributed by atoms with van der Waals surface area (Å²) in [6, 6.07) is 49.7. The van der Waals surface area contributed by atoms with Crippen molar-refractivity contribution in [1.82, 2.24) is 0 Å². The monoisotopic (exact) mass is 751 g/mol. The first-order chi connectivity index (χ1) is 26.6. The first-order valence-electron chi connectivity index (χ1n) is 18.5. The average molecular weight is 752 g/mol. The third-order valence-corrected chi connectivity index (χ3v) is 10.8. The van der Waals surface area contributed by atoms with Gasteiger partial charge in [0.05, 0.1) is 51.9 Å². The van der Waals surface area contributed by atoms with Crippen LogP contribution in [0.4, 0.5) is 5.69 Å². The lowest BCUT2D eigenvalue weighted by Gasteiger charge is -2.46. The van der Waals surface area contributed by atoms with Gasteiger partial charge in [0.2, 0.25) is 0 Å². The Morgan fingerprint density at radius 2 is 0.907 bits per heavy atom. The van der Waals surface area contributed by atoms with Crippen molar-refractivity contribution in [2.24, 2.45) is 4.74 Å². The van der Waals surface area contributed by atoms with Crippen molar-refractivity contribution in [1.29, 1.82) is 0 Å². The normalized spacial score (nSPS) is 20.1. The van der Waals surface area contributed by atoms with E-state index in [1.54, 1.807) is 0 Å². The number of benzene rings is 5. The van der Waals surface area contributed by atoms with E-state index in [4.69, 9.17) is 42.0 Å². The second-order valence-corrected chi connectivity index (χ2v) is 14.5. The molecule has 0 radical (unpaired) electrons. The molecule has 5 aromatic rings. The Labute approximate surface area is 319 Å². The minimum absolute atomic E-state index is 0.190. The fourth-order valence-corrected chi connectivity index (χ4v) is 7.96. The molecule has 1 aliphatic rings. The van der Waals surface area contributed by atoms with Crippen LogP contribution in [0.5, 0.6) is 0 Å². The molecule has 284 valence electrons. The second-order valence-electron chi connectivity index (χ2n) is 12.7. The molecule has 0 bridgehead atoms. The molecule has 1 heterocycles. The summed E-state index contributed by atoms with van der Waals surface area (Å²) in [4.78, 5) is 0. The van der Waals surface area contributed by atoms with Crippen LogP contribution in [0.3, 0.4) is 0 Å². The van der Waals surface area contributed by atoms with Crippen LogP contribution in [0.1, 0.15) is 36.1 Å². The Morgan fingerprint density at radius 3 is 1.37 bits per heavy atom. The topological polar surface area (TPSA) is 86.2 Å². The van der Waals surface area contributed by atoms with Gasteiger partial charge in [-0.05, 0) is 48.2 Å². The van der Waals surface area contributed by atoms with Gasteiger partial charge in [-0.15, -0.1) is 0 Å². The fraction of sp³-hybridized carbons (Fsp3) is 0.318. The van der Waals surface area contributed by atoms with Crippen LogP contribution in [0, 0.1) is 0 Å². The Hall–Kier alpha value is -3.99. The molecule has 1 aliphatic heterocycles. The molecular weight excluding hydrogens is 701 g/mol. The van der Waals surface area contributed by atoms with Crippen LogP contribution in [0.25, 0.3) is 0 Å². The summed E-state index contributed by atoms with van der Waals surface area (Å²) in [5, 5.41) is 0. The highest BCUT2D eigenvalue weighted by atomic mass is 31.2. The highest BCUT2D eigenvalue weighted by Crippen LogP contribution is 2.57. The first kappa shape index (κ1) is 39.7. The van der Waals surface area contributed by atoms with Gasteiger partial charge in [-0.25, -0.2) is 0 Å². The van der Waals surface area contributed by atoms with Crippen molar-refractivity contribution in [3.63, 3.8) is 0 Å². The summed E-state index contributed by atoms with van der Waals surface area (Å²) >= 11 is 0. The summed E-state index contributed by atoms with van der Waals surface area (Å²) in [6.07, 6.45) is -3.78. The van der Waals surface area contributed by atoms with E-state index in [1.165, 1.54) is 0 Å². The number of nitrogens with zero attached hydrogens (tertiary/aromatic N) is 1. The number of hydrogen-bond donors (Lipinski definition) is 0. The Bertz CT molecular complexity index is 1810. The molecule has 0 spiro atoms. The minimum atomic E-state index is -3.42. The molecule has 1 fully saturated rings. The maximum absolute atomic E-state index is 6.93. The SMILES string of the molecule is CCOP(=Nc1ccccc1)(OCC)O[C@H]1O[C@H](COCc2ccccc2)[C@@H](OCc2ccccc2)[C@H](OCc2ccccc2)[C@@H]1OCc1ccccc1.